The topological polar surface area (TPSA) is 158 Å². The predicted molar refractivity (Wildman–Crippen MR) is 428 cm³/mol. The minimum absolute atomic E-state index is 0.194. The van der Waals surface area contributed by atoms with Gasteiger partial charge in [-0.3, -0.25) is 14.4 Å². The zero-order valence-electron chi connectivity index (χ0n) is 66.0. The minimum Gasteiger partial charge on any atom is -0.462 e. The van der Waals surface area contributed by atoms with Gasteiger partial charge in [0.15, 0.2) is 6.10 Å². The van der Waals surface area contributed by atoms with E-state index in [1.807, 2.05) is 36.4 Å². The number of carbonyl (C=O) groups is 6. The van der Waals surface area contributed by atoms with Crippen LogP contribution >= 0.6 is 0 Å². The monoisotopic (exact) mass is 1450 g/mol. The molecule has 0 amide bonds. The average molecular weight is 1450 g/mol. The highest BCUT2D eigenvalue weighted by Gasteiger charge is 2.27. The molecule has 6 rings (SSSR count). The molecule has 3 aromatic rings. The second-order valence-electron chi connectivity index (χ2n) is 31.5. The lowest BCUT2D eigenvalue weighted by Gasteiger charge is -2.29. The summed E-state index contributed by atoms with van der Waals surface area (Å²) in [6.07, 6.45) is 49.7. The van der Waals surface area contributed by atoms with E-state index in [1.165, 1.54) is 171 Å². The van der Waals surface area contributed by atoms with Crippen molar-refractivity contribution >= 4 is 52.5 Å². The second kappa shape index (κ2) is 53.5. The van der Waals surface area contributed by atoms with E-state index >= 15 is 0 Å². The number of unbranched alkanes of at least 4 members (excludes halogenated alkanes) is 24. The first-order chi connectivity index (χ1) is 51.2. The van der Waals surface area contributed by atoms with E-state index in [-0.39, 0.29) is 62.3 Å². The molecule has 105 heavy (non-hydrogen) atoms. The first kappa shape index (κ1) is 87.6. The molecule has 3 aromatic carbocycles. The number of hydrogen-bond donors (Lipinski definition) is 0. The Kier molecular flexibility index (Phi) is 44.6. The molecular formula is C93H140O12. The van der Waals surface area contributed by atoms with Crippen molar-refractivity contribution in [2.24, 2.45) is 17.8 Å². The molecule has 0 bridgehead atoms. The fraction of sp³-hybridized carbons (Fsp3) is 0.677. The maximum absolute atomic E-state index is 13.2. The van der Waals surface area contributed by atoms with Gasteiger partial charge in [-0.15, -0.1) is 0 Å². The van der Waals surface area contributed by atoms with Crippen LogP contribution in [0.4, 0.5) is 0 Å². The molecule has 0 aromatic heterocycles. The molecule has 3 saturated carbocycles. The summed E-state index contributed by atoms with van der Waals surface area (Å²) in [5, 5.41) is 0. The molecule has 0 heterocycles. The lowest BCUT2D eigenvalue weighted by atomic mass is 9.77. The number of ether oxygens (including phenoxy) is 6. The highest BCUT2D eigenvalue weighted by atomic mass is 16.6. The zero-order chi connectivity index (χ0) is 74.9. The van der Waals surface area contributed by atoms with Crippen molar-refractivity contribution in [3.05, 3.63) is 126 Å². The summed E-state index contributed by atoms with van der Waals surface area (Å²) in [4.78, 5) is 77.7. The molecule has 12 nitrogen and oxygen atoms in total. The fourth-order valence-corrected chi connectivity index (χ4v) is 16.0. The van der Waals surface area contributed by atoms with Gasteiger partial charge in [0.05, 0.1) is 36.5 Å². The van der Waals surface area contributed by atoms with Crippen molar-refractivity contribution in [2.45, 2.75) is 353 Å². The van der Waals surface area contributed by atoms with Crippen LogP contribution in [-0.2, 0) is 57.2 Å². The van der Waals surface area contributed by atoms with Crippen LogP contribution in [0.15, 0.2) is 92.5 Å². The van der Waals surface area contributed by atoms with E-state index in [9.17, 15) is 28.8 Å². The first-order valence-corrected chi connectivity index (χ1v) is 42.6. The van der Waals surface area contributed by atoms with Gasteiger partial charge in [0.1, 0.15) is 13.2 Å². The fourth-order valence-electron chi connectivity index (χ4n) is 16.0. The van der Waals surface area contributed by atoms with Crippen LogP contribution < -0.4 is 0 Å². The van der Waals surface area contributed by atoms with Crippen LogP contribution in [0, 0.1) is 17.8 Å². The summed E-state index contributed by atoms with van der Waals surface area (Å²) in [6.45, 7) is 19.6. The molecule has 3 aliphatic carbocycles. The van der Waals surface area contributed by atoms with Gasteiger partial charge in [-0.25, -0.2) is 14.4 Å². The summed E-state index contributed by atoms with van der Waals surface area (Å²) in [7, 11) is 0. The third kappa shape index (κ3) is 36.0. The molecule has 0 saturated heterocycles. The van der Waals surface area contributed by atoms with E-state index in [1.54, 1.807) is 0 Å². The van der Waals surface area contributed by atoms with Crippen LogP contribution in [-0.4, -0.2) is 75.0 Å². The summed E-state index contributed by atoms with van der Waals surface area (Å²) >= 11 is 0. The van der Waals surface area contributed by atoms with Gasteiger partial charge < -0.3 is 28.4 Å². The quantitative estimate of drug-likeness (QED) is 0.0228. The predicted octanol–water partition coefficient (Wildman–Crippen LogP) is 24.7. The SMILES string of the molecule is C=C(C(=O)OCCCCCCCCCC(=O)OCC(COC(=O)CCCCCCCCCOC(=O)C(=C)c1ccc([C@H]2CC[C@H](CCCCC)CC2)cc1)OC(=O)CCCCCCCCCOC(=O)C(=C)c1ccc([C@H]2CC[C@H](CCCCC)CC2)cc1)c1ccc([C@H]2CC[C@H](CCCCC)CC2)cc1. The number of carbonyl (C=O) groups excluding carboxylic acids is 6. The van der Waals surface area contributed by atoms with Gasteiger partial charge in [-0.2, -0.15) is 0 Å². The van der Waals surface area contributed by atoms with E-state index in [0.717, 1.165) is 150 Å². The Morgan fingerprint density at radius 3 is 0.819 bits per heavy atom. The highest BCUT2D eigenvalue weighted by molar-refractivity contribution is 6.16. The van der Waals surface area contributed by atoms with Crippen molar-refractivity contribution in [1.29, 1.82) is 0 Å². The Balaban J connectivity index is 0.802. The van der Waals surface area contributed by atoms with E-state index < -0.39 is 12.1 Å². The molecule has 3 fully saturated rings. The largest absolute Gasteiger partial charge is 0.462 e. The number of benzene rings is 3. The third-order valence-electron chi connectivity index (χ3n) is 23.1. The van der Waals surface area contributed by atoms with Crippen LogP contribution in [0.1, 0.15) is 380 Å². The average Bonchev–Trinajstić information content (AvgIpc) is 0.857. The Bertz CT molecular complexity index is 2800. The van der Waals surface area contributed by atoms with Crippen LogP contribution in [0.5, 0.6) is 0 Å². The molecule has 0 radical (unpaired) electrons. The molecule has 3 aliphatic rings. The first-order valence-electron chi connectivity index (χ1n) is 42.6. The summed E-state index contributed by atoms with van der Waals surface area (Å²) in [6, 6.07) is 25.1. The molecular weight excluding hydrogens is 1310 g/mol. The normalized spacial score (nSPS) is 18.1. The molecule has 584 valence electrons. The lowest BCUT2D eigenvalue weighted by molar-refractivity contribution is -0.167. The Hall–Kier alpha value is -6.30. The van der Waals surface area contributed by atoms with Crippen LogP contribution in [0.3, 0.4) is 0 Å². The van der Waals surface area contributed by atoms with Crippen LogP contribution in [0.2, 0.25) is 0 Å². The molecule has 12 heteroatoms. The smallest absolute Gasteiger partial charge is 0.338 e. The second-order valence-corrected chi connectivity index (χ2v) is 31.5. The molecule has 0 unspecified atom stereocenters. The van der Waals surface area contributed by atoms with Crippen molar-refractivity contribution in [3.8, 4) is 0 Å². The molecule has 0 N–H and O–H groups in total. The minimum atomic E-state index is -0.914. The molecule has 0 aliphatic heterocycles. The third-order valence-corrected chi connectivity index (χ3v) is 23.1. The van der Waals surface area contributed by atoms with Gasteiger partial charge in [0, 0.05) is 19.3 Å². The number of hydrogen-bond acceptors (Lipinski definition) is 12. The van der Waals surface area contributed by atoms with Crippen molar-refractivity contribution in [1.82, 2.24) is 0 Å². The van der Waals surface area contributed by atoms with Crippen molar-refractivity contribution in [3.63, 3.8) is 0 Å². The van der Waals surface area contributed by atoms with E-state index in [0.29, 0.717) is 73.6 Å². The summed E-state index contributed by atoms with van der Waals surface area (Å²) < 4.78 is 33.8. The van der Waals surface area contributed by atoms with Gasteiger partial charge in [0.25, 0.3) is 0 Å². The van der Waals surface area contributed by atoms with Gasteiger partial charge in [0.2, 0.25) is 0 Å². The lowest BCUT2D eigenvalue weighted by Crippen LogP contribution is -2.30. The van der Waals surface area contributed by atoms with Gasteiger partial charge in [-0.1, -0.05) is 287 Å². The Morgan fingerprint density at radius 2 is 0.552 bits per heavy atom. The maximum atomic E-state index is 13.2. The molecule has 0 atom stereocenters. The van der Waals surface area contributed by atoms with E-state index in [4.69, 9.17) is 28.4 Å². The van der Waals surface area contributed by atoms with Crippen molar-refractivity contribution in [2.75, 3.05) is 33.0 Å². The summed E-state index contributed by atoms with van der Waals surface area (Å²) in [5.41, 5.74) is 7.71. The van der Waals surface area contributed by atoms with Gasteiger partial charge >= 0.3 is 35.8 Å². The number of rotatable bonds is 56. The zero-order valence-corrected chi connectivity index (χ0v) is 66.0. The Morgan fingerprint density at radius 1 is 0.305 bits per heavy atom. The van der Waals surface area contributed by atoms with Gasteiger partial charge in [-0.05, 0) is 184 Å². The molecule has 0 spiro atoms. The number of esters is 6. The summed E-state index contributed by atoms with van der Waals surface area (Å²) in [5.74, 6) is 2.13. The van der Waals surface area contributed by atoms with Crippen molar-refractivity contribution < 1.29 is 57.2 Å². The highest BCUT2D eigenvalue weighted by Crippen LogP contribution is 2.41. The Labute approximate surface area is 635 Å². The van der Waals surface area contributed by atoms with E-state index in [2.05, 4.69) is 76.9 Å². The standard InChI is InChI=1S/C93H140O12/c1-7-10-28-37-75-43-49-81(50-44-75)84-61-55-78(56-62-84)72(4)91(97)100-67-34-25-19-13-16-22-31-40-88(94)103-70-87(105-90(96)42-33-24-18-15-21-27-36-69-102-93(99)74(6)80-59-65-86(66-60-80)83-53-47-77(48-54-83)39-30-12-9-3)71-104-89(95)41-32-23-17-14-20-26-35-68-101-92(98)73(5)79-57-63-85(64-58-79)82-51-45-76(46-52-82)38-29-11-8-2/h55-66,75-77,81-83,87H,4-54,67-71H2,1-3H3/t75-,76-,77-,81-,82-,83-. The van der Waals surface area contributed by atoms with Crippen LogP contribution in [0.25, 0.3) is 16.7 Å². The maximum Gasteiger partial charge on any atom is 0.338 e.